The van der Waals surface area contributed by atoms with Crippen molar-refractivity contribution in [2.45, 2.75) is 31.9 Å². The maximum atomic E-state index is 12.2. The number of benzene rings is 1. The summed E-state index contributed by atoms with van der Waals surface area (Å²) in [7, 11) is -1.95. The zero-order valence-electron chi connectivity index (χ0n) is 15.2. The molecule has 3 aromatic rings. The van der Waals surface area contributed by atoms with E-state index in [-0.39, 0.29) is 30.3 Å². The molecular weight excluding hydrogens is 379 g/mol. The fraction of sp³-hybridized carbons (Fsp3) is 0.389. The molecule has 6 atom stereocenters. The van der Waals surface area contributed by atoms with Gasteiger partial charge in [0.1, 0.15) is 24.2 Å². The van der Waals surface area contributed by atoms with Gasteiger partial charge in [0.05, 0.1) is 19.0 Å². The van der Waals surface area contributed by atoms with Crippen LogP contribution in [0.3, 0.4) is 0 Å². The maximum Gasteiger partial charge on any atom is 0.613 e. The highest BCUT2D eigenvalue weighted by Gasteiger charge is 2.67. The van der Waals surface area contributed by atoms with Crippen LogP contribution in [-0.4, -0.2) is 31.7 Å². The number of ether oxygens (including phenoxy) is 1. The Bertz CT molecular complexity index is 1030. The largest absolute Gasteiger partial charge is 0.613 e. The van der Waals surface area contributed by atoms with Crippen LogP contribution in [0.15, 0.2) is 43.0 Å². The summed E-state index contributed by atoms with van der Waals surface area (Å²) in [6.07, 6.45) is 2.66. The number of rotatable bonds is 6. The minimum absolute atomic E-state index is 0.0749. The summed E-state index contributed by atoms with van der Waals surface area (Å²) < 4.78 is 26.0. The Hall–Kier alpha value is -2.45. The van der Waals surface area contributed by atoms with Crippen molar-refractivity contribution in [2.24, 2.45) is 11.8 Å². The van der Waals surface area contributed by atoms with E-state index in [0.29, 0.717) is 23.5 Å². The molecule has 10 heteroatoms. The molecule has 2 aromatic heterocycles. The van der Waals surface area contributed by atoms with Crippen molar-refractivity contribution in [3.8, 4) is 0 Å². The van der Waals surface area contributed by atoms with Crippen molar-refractivity contribution in [1.29, 1.82) is 0 Å². The summed E-state index contributed by atoms with van der Waals surface area (Å²) in [5, 5.41) is 2.93. The monoisotopic (exact) mass is 399 g/mol. The number of imidazole rings is 1. The van der Waals surface area contributed by atoms with Gasteiger partial charge in [0.2, 0.25) is 0 Å². The lowest BCUT2D eigenvalue weighted by atomic mass is 10.1. The van der Waals surface area contributed by atoms with Gasteiger partial charge in [-0.2, -0.15) is 0 Å². The summed E-state index contributed by atoms with van der Waals surface area (Å²) in [6, 6.07) is 9.80. The molecule has 3 heterocycles. The lowest BCUT2D eigenvalue weighted by molar-refractivity contribution is -0.0231. The zero-order chi connectivity index (χ0) is 19.3. The highest BCUT2D eigenvalue weighted by Crippen LogP contribution is 2.57. The van der Waals surface area contributed by atoms with E-state index in [4.69, 9.17) is 15.0 Å². The molecule has 0 amide bonds. The molecule has 1 aromatic carbocycles. The van der Waals surface area contributed by atoms with Crippen LogP contribution in [0, 0.1) is 11.8 Å². The molecular formula is C18H20N6O3P+. The standard InChI is InChI=1S/C18H20N6O3P/c1-10-12-14(15(12)27-28(25)23-7-11-5-3-2-4-6-11)26-18(10)24-9-22-13-16(19)20-8-21-17(13)24/h2-6,8-10,12,14-15,18H,7H2,1H3,(H,23,25)(H2,19,20,21)/q+1. The smallest absolute Gasteiger partial charge is 0.382 e. The summed E-state index contributed by atoms with van der Waals surface area (Å²) in [4.78, 5) is 12.5. The number of nitrogens with two attached hydrogens (primary N) is 1. The van der Waals surface area contributed by atoms with E-state index in [2.05, 4.69) is 27.0 Å². The predicted molar refractivity (Wildman–Crippen MR) is 102 cm³/mol. The Morgan fingerprint density at radius 2 is 2.11 bits per heavy atom. The molecule has 5 rings (SSSR count). The van der Waals surface area contributed by atoms with Crippen LogP contribution in [0.2, 0.25) is 0 Å². The topological polar surface area (TPSA) is 117 Å². The first-order valence-corrected chi connectivity index (χ1v) is 10.3. The second kappa shape index (κ2) is 6.86. The molecule has 28 heavy (non-hydrogen) atoms. The normalized spacial score (nSPS) is 29.0. The molecule has 1 saturated carbocycles. The van der Waals surface area contributed by atoms with Crippen LogP contribution in [0.25, 0.3) is 11.2 Å². The van der Waals surface area contributed by atoms with Crippen LogP contribution in [0.4, 0.5) is 5.82 Å². The molecule has 1 saturated heterocycles. The molecule has 0 radical (unpaired) electrons. The zero-order valence-corrected chi connectivity index (χ0v) is 16.1. The third-order valence-electron chi connectivity index (χ3n) is 5.43. The van der Waals surface area contributed by atoms with Crippen LogP contribution < -0.4 is 10.8 Å². The van der Waals surface area contributed by atoms with Gasteiger partial charge in [-0.15, -0.1) is 4.52 Å². The van der Waals surface area contributed by atoms with Gasteiger partial charge in [-0.05, 0) is 10.1 Å². The fourth-order valence-corrected chi connectivity index (χ4v) is 4.79. The number of nitrogen functional groups attached to an aromatic ring is 1. The lowest BCUT2D eigenvalue weighted by Crippen LogP contribution is -2.21. The van der Waals surface area contributed by atoms with Gasteiger partial charge in [0, 0.05) is 11.8 Å². The molecule has 3 N–H and O–H groups in total. The number of hydrogen-bond acceptors (Lipinski definition) is 7. The lowest BCUT2D eigenvalue weighted by Gasteiger charge is -2.20. The first kappa shape index (κ1) is 17.6. The Kier molecular flexibility index (Phi) is 4.32. The van der Waals surface area contributed by atoms with Crippen LogP contribution in [-0.2, 0) is 20.4 Å². The van der Waals surface area contributed by atoms with E-state index in [0.717, 1.165) is 5.56 Å². The fourth-order valence-electron chi connectivity index (χ4n) is 3.92. The van der Waals surface area contributed by atoms with Crippen molar-refractivity contribution in [2.75, 3.05) is 5.73 Å². The Morgan fingerprint density at radius 3 is 2.86 bits per heavy atom. The van der Waals surface area contributed by atoms with E-state index in [1.54, 1.807) is 6.33 Å². The average molecular weight is 399 g/mol. The Balaban J connectivity index is 1.21. The molecule has 9 nitrogen and oxygen atoms in total. The minimum atomic E-state index is -1.95. The number of anilines is 1. The minimum Gasteiger partial charge on any atom is -0.382 e. The number of aromatic nitrogens is 4. The van der Waals surface area contributed by atoms with Crippen LogP contribution in [0.1, 0.15) is 18.7 Å². The number of hydrogen-bond donors (Lipinski definition) is 2. The van der Waals surface area contributed by atoms with E-state index < -0.39 is 8.18 Å². The SMILES string of the molecule is CC1C2C(OC1n1cnc3c(N)ncnc31)C2O[P+](=O)NCc1ccccc1. The molecule has 0 spiro atoms. The van der Waals surface area contributed by atoms with Crippen molar-refractivity contribution in [3.63, 3.8) is 0 Å². The van der Waals surface area contributed by atoms with Crippen LogP contribution in [0.5, 0.6) is 0 Å². The van der Waals surface area contributed by atoms with E-state index in [9.17, 15) is 4.57 Å². The molecule has 2 fully saturated rings. The first-order valence-electron chi connectivity index (χ1n) is 9.13. The van der Waals surface area contributed by atoms with E-state index in [1.165, 1.54) is 6.33 Å². The van der Waals surface area contributed by atoms with Crippen molar-refractivity contribution in [1.82, 2.24) is 24.6 Å². The number of fused-ring (bicyclic) bond motifs is 2. The molecule has 1 aliphatic carbocycles. The van der Waals surface area contributed by atoms with Gasteiger partial charge >= 0.3 is 8.18 Å². The van der Waals surface area contributed by atoms with E-state index >= 15 is 0 Å². The second-order valence-electron chi connectivity index (χ2n) is 7.16. The second-order valence-corrected chi connectivity index (χ2v) is 8.20. The van der Waals surface area contributed by atoms with Gasteiger partial charge in [0.15, 0.2) is 11.5 Å². The van der Waals surface area contributed by atoms with Crippen molar-refractivity contribution >= 4 is 25.2 Å². The van der Waals surface area contributed by atoms with Gasteiger partial charge in [-0.3, -0.25) is 4.57 Å². The number of nitrogens with one attached hydrogen (secondary N) is 1. The van der Waals surface area contributed by atoms with E-state index in [1.807, 2.05) is 34.9 Å². The third kappa shape index (κ3) is 2.97. The Labute approximate surface area is 162 Å². The first-order chi connectivity index (χ1) is 13.6. The quantitative estimate of drug-likeness (QED) is 0.607. The maximum absolute atomic E-state index is 12.2. The predicted octanol–water partition coefficient (Wildman–Crippen LogP) is 2.40. The molecule has 144 valence electrons. The molecule has 0 bridgehead atoms. The summed E-state index contributed by atoms with van der Waals surface area (Å²) in [5.41, 5.74) is 8.14. The van der Waals surface area contributed by atoms with Crippen LogP contribution >= 0.6 is 8.18 Å². The van der Waals surface area contributed by atoms with Gasteiger partial charge in [0.25, 0.3) is 0 Å². The van der Waals surface area contributed by atoms with Crippen molar-refractivity contribution < 1.29 is 13.8 Å². The average Bonchev–Trinajstić information content (AvgIpc) is 3.02. The van der Waals surface area contributed by atoms with Gasteiger partial charge in [-0.25, -0.2) is 15.0 Å². The van der Waals surface area contributed by atoms with Gasteiger partial charge in [-0.1, -0.05) is 42.3 Å². The highest BCUT2D eigenvalue weighted by molar-refractivity contribution is 7.36. The third-order valence-corrected chi connectivity index (χ3v) is 6.28. The molecule has 6 unspecified atom stereocenters. The van der Waals surface area contributed by atoms with Gasteiger partial charge < -0.3 is 10.5 Å². The summed E-state index contributed by atoms with van der Waals surface area (Å²) in [6.45, 7) is 2.60. The highest BCUT2D eigenvalue weighted by atomic mass is 31.1. The summed E-state index contributed by atoms with van der Waals surface area (Å²) in [5.74, 6) is 0.711. The molecule has 2 aliphatic rings. The Morgan fingerprint density at radius 1 is 1.29 bits per heavy atom. The molecule has 1 aliphatic heterocycles. The number of nitrogens with zero attached hydrogens (tertiary/aromatic N) is 4. The summed E-state index contributed by atoms with van der Waals surface area (Å²) >= 11 is 0. The van der Waals surface area contributed by atoms with Crippen molar-refractivity contribution in [3.05, 3.63) is 48.5 Å².